The summed E-state index contributed by atoms with van der Waals surface area (Å²) in [6.07, 6.45) is 11.1. The molecule has 0 bridgehead atoms. The molecule has 2 aromatic heterocycles. The Bertz CT molecular complexity index is 640. The van der Waals surface area contributed by atoms with Crippen molar-refractivity contribution in [1.29, 1.82) is 0 Å². The molecule has 0 spiro atoms. The Balaban J connectivity index is 1.71. The van der Waals surface area contributed by atoms with Crippen LogP contribution in [0.2, 0.25) is 0 Å². The van der Waals surface area contributed by atoms with Crippen molar-refractivity contribution in [3.8, 4) is 11.4 Å². The Morgan fingerprint density at radius 2 is 1.95 bits per heavy atom. The molecular weight excluding hydrogens is 250 g/mol. The predicted octanol–water partition coefficient (Wildman–Crippen LogP) is 2.33. The van der Waals surface area contributed by atoms with Gasteiger partial charge in [0.25, 0.3) is 0 Å². The topological polar surface area (TPSA) is 55.6 Å². The quantitative estimate of drug-likeness (QED) is 0.909. The number of anilines is 1. The van der Waals surface area contributed by atoms with Crippen LogP contribution in [0.15, 0.2) is 12.4 Å². The highest BCUT2D eigenvalue weighted by atomic mass is 15.3. The van der Waals surface area contributed by atoms with E-state index in [4.69, 9.17) is 4.98 Å². The van der Waals surface area contributed by atoms with Gasteiger partial charge in [-0.05, 0) is 36.8 Å². The number of hydrogen-bond acceptors (Lipinski definition) is 4. The van der Waals surface area contributed by atoms with Gasteiger partial charge in [-0.25, -0.2) is 9.97 Å². The molecule has 0 radical (unpaired) electrons. The van der Waals surface area contributed by atoms with Gasteiger partial charge in [-0.2, -0.15) is 5.10 Å². The molecule has 5 nitrogen and oxygen atoms in total. The first kappa shape index (κ1) is 11.9. The maximum Gasteiger partial charge on any atom is 0.223 e. The van der Waals surface area contributed by atoms with Crippen LogP contribution in [0.3, 0.4) is 0 Å². The van der Waals surface area contributed by atoms with E-state index in [9.17, 15) is 0 Å². The zero-order chi connectivity index (χ0) is 13.5. The highest BCUT2D eigenvalue weighted by Gasteiger charge is 2.23. The molecule has 2 aliphatic carbocycles. The third-order valence-electron chi connectivity index (χ3n) is 4.46. The van der Waals surface area contributed by atoms with Gasteiger partial charge in [0, 0.05) is 19.3 Å². The minimum absolute atomic E-state index is 0.544. The van der Waals surface area contributed by atoms with Gasteiger partial charge in [0.2, 0.25) is 5.95 Å². The number of aromatic nitrogens is 4. The minimum Gasteiger partial charge on any atom is -0.351 e. The molecule has 1 N–H and O–H groups in total. The second-order valence-corrected chi connectivity index (χ2v) is 5.84. The highest BCUT2D eigenvalue weighted by Crippen LogP contribution is 2.32. The average molecular weight is 269 g/mol. The van der Waals surface area contributed by atoms with E-state index in [1.807, 2.05) is 24.1 Å². The molecule has 0 atom stereocenters. The Morgan fingerprint density at radius 3 is 2.80 bits per heavy atom. The molecule has 4 rings (SSSR count). The van der Waals surface area contributed by atoms with Crippen LogP contribution in [-0.4, -0.2) is 25.8 Å². The zero-order valence-electron chi connectivity index (χ0n) is 11.8. The number of hydrogen-bond donors (Lipinski definition) is 1. The van der Waals surface area contributed by atoms with Crippen molar-refractivity contribution >= 4 is 5.95 Å². The average Bonchev–Trinajstić information content (AvgIpc) is 3.09. The molecule has 104 valence electrons. The Kier molecular flexibility index (Phi) is 2.72. The zero-order valence-corrected chi connectivity index (χ0v) is 11.8. The first-order valence-electron chi connectivity index (χ1n) is 7.45. The first-order valence-corrected chi connectivity index (χ1v) is 7.45. The SMILES string of the molecule is Cn1ncc2c1-c1nc(NC3CCCC3)ncc1CC2. The van der Waals surface area contributed by atoms with Crippen molar-refractivity contribution < 1.29 is 0 Å². The molecule has 0 saturated heterocycles. The van der Waals surface area contributed by atoms with Crippen LogP contribution in [-0.2, 0) is 19.9 Å². The fourth-order valence-corrected chi connectivity index (χ4v) is 3.36. The largest absolute Gasteiger partial charge is 0.351 e. The molecule has 0 amide bonds. The molecule has 0 unspecified atom stereocenters. The lowest BCUT2D eigenvalue weighted by molar-refractivity contribution is 0.739. The summed E-state index contributed by atoms with van der Waals surface area (Å²) in [5.41, 5.74) is 4.74. The van der Waals surface area contributed by atoms with Gasteiger partial charge in [-0.15, -0.1) is 0 Å². The van der Waals surface area contributed by atoms with Gasteiger partial charge in [0.1, 0.15) is 0 Å². The van der Waals surface area contributed by atoms with Crippen LogP contribution in [0.5, 0.6) is 0 Å². The molecule has 5 heteroatoms. The molecule has 2 aliphatic rings. The van der Waals surface area contributed by atoms with Gasteiger partial charge < -0.3 is 5.32 Å². The number of rotatable bonds is 2. The summed E-state index contributed by atoms with van der Waals surface area (Å²) >= 11 is 0. The van der Waals surface area contributed by atoms with E-state index in [1.54, 1.807) is 0 Å². The van der Waals surface area contributed by atoms with Crippen LogP contribution >= 0.6 is 0 Å². The van der Waals surface area contributed by atoms with Crippen LogP contribution in [0.4, 0.5) is 5.95 Å². The van der Waals surface area contributed by atoms with E-state index in [2.05, 4.69) is 15.4 Å². The summed E-state index contributed by atoms with van der Waals surface area (Å²) in [7, 11) is 1.99. The summed E-state index contributed by atoms with van der Waals surface area (Å²) in [4.78, 5) is 9.26. The Labute approximate surface area is 118 Å². The van der Waals surface area contributed by atoms with Crippen LogP contribution in [0.25, 0.3) is 11.4 Å². The fraction of sp³-hybridized carbons (Fsp3) is 0.533. The summed E-state index contributed by atoms with van der Waals surface area (Å²) in [6, 6.07) is 0.544. The third kappa shape index (κ3) is 1.88. The molecule has 20 heavy (non-hydrogen) atoms. The number of aryl methyl sites for hydroxylation is 3. The Hall–Kier alpha value is -1.91. The van der Waals surface area contributed by atoms with Crippen LogP contribution in [0.1, 0.15) is 36.8 Å². The van der Waals surface area contributed by atoms with Crippen molar-refractivity contribution in [3.63, 3.8) is 0 Å². The third-order valence-corrected chi connectivity index (χ3v) is 4.46. The summed E-state index contributed by atoms with van der Waals surface area (Å²) in [6.45, 7) is 0. The molecule has 2 heterocycles. The maximum absolute atomic E-state index is 4.77. The standard InChI is InChI=1S/C15H19N5/c1-20-14-11(9-17-20)7-6-10-8-16-15(19-13(10)14)18-12-4-2-3-5-12/h8-9,12H,2-7H2,1H3,(H,16,18,19). The number of nitrogens with zero attached hydrogens (tertiary/aromatic N) is 4. The van der Waals surface area contributed by atoms with Crippen molar-refractivity contribution in [3.05, 3.63) is 23.5 Å². The Morgan fingerprint density at radius 1 is 1.15 bits per heavy atom. The lowest BCUT2D eigenvalue weighted by Gasteiger charge is -2.18. The van der Waals surface area contributed by atoms with E-state index >= 15 is 0 Å². The molecule has 2 aromatic rings. The second kappa shape index (κ2) is 4.58. The normalized spacial score (nSPS) is 17.9. The van der Waals surface area contributed by atoms with Crippen LogP contribution in [0, 0.1) is 0 Å². The van der Waals surface area contributed by atoms with Gasteiger partial charge >= 0.3 is 0 Å². The maximum atomic E-state index is 4.77. The van der Waals surface area contributed by atoms with Gasteiger partial charge in [0.05, 0.1) is 17.6 Å². The van der Waals surface area contributed by atoms with Crippen molar-refractivity contribution in [2.45, 2.75) is 44.6 Å². The first-order chi connectivity index (χ1) is 9.81. The van der Waals surface area contributed by atoms with Crippen molar-refractivity contribution in [2.75, 3.05) is 5.32 Å². The second-order valence-electron chi connectivity index (χ2n) is 5.84. The predicted molar refractivity (Wildman–Crippen MR) is 77.5 cm³/mol. The smallest absolute Gasteiger partial charge is 0.223 e. The summed E-state index contributed by atoms with van der Waals surface area (Å²) in [5.74, 6) is 0.768. The number of nitrogens with one attached hydrogen (secondary N) is 1. The van der Waals surface area contributed by atoms with Crippen molar-refractivity contribution in [2.24, 2.45) is 7.05 Å². The van der Waals surface area contributed by atoms with E-state index in [0.717, 1.165) is 30.2 Å². The fourth-order valence-electron chi connectivity index (χ4n) is 3.36. The summed E-state index contributed by atoms with van der Waals surface area (Å²) in [5, 5.41) is 7.85. The minimum atomic E-state index is 0.544. The lowest BCUT2D eigenvalue weighted by Crippen LogP contribution is -2.18. The lowest BCUT2D eigenvalue weighted by atomic mass is 9.95. The molecular formula is C15H19N5. The summed E-state index contributed by atoms with van der Waals surface area (Å²) < 4.78 is 1.93. The highest BCUT2D eigenvalue weighted by molar-refractivity contribution is 5.66. The van der Waals surface area contributed by atoms with Crippen molar-refractivity contribution in [1.82, 2.24) is 19.7 Å². The molecule has 0 aromatic carbocycles. The van der Waals surface area contributed by atoms with Crippen LogP contribution < -0.4 is 5.32 Å². The molecule has 0 aliphatic heterocycles. The monoisotopic (exact) mass is 269 g/mol. The van der Waals surface area contributed by atoms with Gasteiger partial charge in [0.15, 0.2) is 0 Å². The van der Waals surface area contributed by atoms with E-state index in [1.165, 1.54) is 36.8 Å². The molecule has 1 fully saturated rings. The van der Waals surface area contributed by atoms with Gasteiger partial charge in [-0.3, -0.25) is 4.68 Å². The van der Waals surface area contributed by atoms with E-state index in [0.29, 0.717) is 6.04 Å². The number of fused-ring (bicyclic) bond motifs is 3. The molecule has 1 saturated carbocycles. The van der Waals surface area contributed by atoms with E-state index < -0.39 is 0 Å². The van der Waals surface area contributed by atoms with E-state index in [-0.39, 0.29) is 0 Å². The van der Waals surface area contributed by atoms with Gasteiger partial charge in [-0.1, -0.05) is 12.8 Å².